The summed E-state index contributed by atoms with van der Waals surface area (Å²) >= 11 is 0. The Morgan fingerprint density at radius 2 is 1.89 bits per heavy atom. The highest BCUT2D eigenvalue weighted by molar-refractivity contribution is 5.98. The molecule has 0 unspecified atom stereocenters. The second-order valence-electron chi connectivity index (χ2n) is 8.17. The molecule has 1 aliphatic heterocycles. The Morgan fingerprint density at radius 3 is 2.59 bits per heavy atom. The Bertz CT molecular complexity index is 848. The lowest BCUT2D eigenvalue weighted by atomic mass is 9.93. The fourth-order valence-electron chi connectivity index (χ4n) is 4.32. The smallest absolute Gasteiger partial charge is 0.290 e. The first-order chi connectivity index (χ1) is 13.0. The molecule has 1 aromatic carbocycles. The van der Waals surface area contributed by atoms with Gasteiger partial charge in [0.2, 0.25) is 5.91 Å². The number of nitrogens with zero attached hydrogens (tertiary/aromatic N) is 2. The number of fused-ring (bicyclic) bond motifs is 1. The number of hydrogen-bond donors (Lipinski definition) is 0. The first kappa shape index (κ1) is 18.1. The maximum absolute atomic E-state index is 12.9. The predicted octanol–water partition coefficient (Wildman–Crippen LogP) is 4.17. The van der Waals surface area contributed by atoms with Crippen molar-refractivity contribution in [2.45, 2.75) is 57.9 Å². The summed E-state index contributed by atoms with van der Waals surface area (Å²) in [5.74, 6) is 0.632. The molecule has 5 nitrogen and oxygen atoms in total. The summed E-state index contributed by atoms with van der Waals surface area (Å²) in [5, 5.41) is 0.941. The van der Waals surface area contributed by atoms with Gasteiger partial charge in [-0.15, -0.1) is 0 Å². The van der Waals surface area contributed by atoms with E-state index in [0.29, 0.717) is 30.8 Å². The minimum atomic E-state index is -0.186. The van der Waals surface area contributed by atoms with Gasteiger partial charge in [-0.25, -0.2) is 0 Å². The van der Waals surface area contributed by atoms with E-state index in [1.165, 1.54) is 24.8 Å². The number of amides is 2. The third-order valence-electron chi connectivity index (χ3n) is 5.98. The van der Waals surface area contributed by atoms with Crippen LogP contribution in [-0.4, -0.2) is 47.3 Å². The van der Waals surface area contributed by atoms with Crippen LogP contribution >= 0.6 is 0 Å². The molecule has 1 aromatic heterocycles. The van der Waals surface area contributed by atoms with Crippen LogP contribution in [-0.2, 0) is 4.79 Å². The van der Waals surface area contributed by atoms with Crippen molar-refractivity contribution >= 4 is 22.8 Å². The first-order valence-electron chi connectivity index (χ1n) is 10.1. The van der Waals surface area contributed by atoms with Crippen molar-refractivity contribution in [3.63, 3.8) is 0 Å². The Balaban J connectivity index is 1.47. The van der Waals surface area contributed by atoms with E-state index in [9.17, 15) is 9.59 Å². The lowest BCUT2D eigenvalue weighted by Crippen LogP contribution is -2.55. The number of carbonyl (C=O) groups is 2. The van der Waals surface area contributed by atoms with Gasteiger partial charge in [0.25, 0.3) is 5.91 Å². The van der Waals surface area contributed by atoms with Crippen LogP contribution in [0.2, 0.25) is 0 Å². The van der Waals surface area contributed by atoms with E-state index in [1.807, 2.05) is 23.1 Å². The standard InChI is InChI=1S/C22H28N2O3/c1-15(2)16-8-9-19-17(12-16)13-20(27-19)22(26)23-10-11-24(21(25)14-23)18-6-4-3-5-7-18/h8-9,12-13,15,18H,3-7,10-11,14H2,1-2H3. The van der Waals surface area contributed by atoms with Crippen molar-refractivity contribution in [1.82, 2.24) is 9.80 Å². The van der Waals surface area contributed by atoms with E-state index >= 15 is 0 Å². The predicted molar refractivity (Wildman–Crippen MR) is 105 cm³/mol. The van der Waals surface area contributed by atoms with E-state index in [4.69, 9.17) is 4.42 Å². The number of piperazine rings is 1. The lowest BCUT2D eigenvalue weighted by molar-refractivity contribution is -0.138. The van der Waals surface area contributed by atoms with Crippen molar-refractivity contribution in [3.05, 3.63) is 35.6 Å². The molecule has 2 fully saturated rings. The maximum Gasteiger partial charge on any atom is 0.290 e. The van der Waals surface area contributed by atoms with Crippen LogP contribution in [0.15, 0.2) is 28.7 Å². The van der Waals surface area contributed by atoms with Gasteiger partial charge in [-0.05, 0) is 42.5 Å². The highest BCUT2D eigenvalue weighted by Crippen LogP contribution is 2.27. The molecule has 2 heterocycles. The highest BCUT2D eigenvalue weighted by Gasteiger charge is 2.33. The first-order valence-corrected chi connectivity index (χ1v) is 10.1. The molecule has 1 saturated carbocycles. The zero-order valence-corrected chi connectivity index (χ0v) is 16.2. The fourth-order valence-corrected chi connectivity index (χ4v) is 4.32. The molecule has 27 heavy (non-hydrogen) atoms. The molecule has 0 atom stereocenters. The van der Waals surface area contributed by atoms with Crippen LogP contribution in [0.25, 0.3) is 11.0 Å². The summed E-state index contributed by atoms with van der Waals surface area (Å²) in [6.07, 6.45) is 5.87. The van der Waals surface area contributed by atoms with Crippen LogP contribution in [0.5, 0.6) is 0 Å². The summed E-state index contributed by atoms with van der Waals surface area (Å²) in [7, 11) is 0. The second kappa shape index (κ2) is 7.37. The zero-order chi connectivity index (χ0) is 19.0. The summed E-state index contributed by atoms with van der Waals surface area (Å²) in [6.45, 7) is 5.65. The van der Waals surface area contributed by atoms with Crippen LogP contribution < -0.4 is 0 Å². The molecule has 144 valence electrons. The van der Waals surface area contributed by atoms with Crippen molar-refractivity contribution in [3.8, 4) is 0 Å². The normalized spacial score (nSPS) is 19.3. The quantitative estimate of drug-likeness (QED) is 0.817. The van der Waals surface area contributed by atoms with Gasteiger partial charge in [-0.3, -0.25) is 9.59 Å². The van der Waals surface area contributed by atoms with Crippen LogP contribution in [0, 0.1) is 0 Å². The minimum Gasteiger partial charge on any atom is -0.451 e. The molecule has 1 aliphatic carbocycles. The Kier molecular flexibility index (Phi) is 4.94. The number of benzene rings is 1. The molecule has 2 amide bonds. The third-order valence-corrected chi connectivity index (χ3v) is 5.98. The molecule has 1 saturated heterocycles. The molecule has 2 aliphatic rings. The molecule has 5 heteroatoms. The SMILES string of the molecule is CC(C)c1ccc2oc(C(=O)N3CCN(C4CCCCC4)C(=O)C3)cc2c1. The number of hydrogen-bond acceptors (Lipinski definition) is 3. The average Bonchev–Trinajstić information content (AvgIpc) is 3.11. The second-order valence-corrected chi connectivity index (χ2v) is 8.17. The average molecular weight is 368 g/mol. The van der Waals surface area contributed by atoms with Gasteiger partial charge in [0.15, 0.2) is 5.76 Å². The van der Waals surface area contributed by atoms with Crippen molar-refractivity contribution < 1.29 is 14.0 Å². The van der Waals surface area contributed by atoms with Crippen LogP contribution in [0.1, 0.15) is 68.0 Å². The lowest BCUT2D eigenvalue weighted by Gasteiger charge is -2.40. The molecular weight excluding hydrogens is 340 g/mol. The topological polar surface area (TPSA) is 53.8 Å². The molecule has 2 aromatic rings. The van der Waals surface area contributed by atoms with Gasteiger partial charge >= 0.3 is 0 Å². The van der Waals surface area contributed by atoms with E-state index in [2.05, 4.69) is 19.9 Å². The molecule has 4 rings (SSSR count). The molecule has 0 N–H and O–H groups in total. The maximum atomic E-state index is 12.9. The van der Waals surface area contributed by atoms with Gasteiger partial charge in [0, 0.05) is 24.5 Å². The van der Waals surface area contributed by atoms with E-state index in [0.717, 1.165) is 23.8 Å². The highest BCUT2D eigenvalue weighted by atomic mass is 16.3. The monoisotopic (exact) mass is 368 g/mol. The number of rotatable bonds is 3. The molecule has 0 radical (unpaired) electrons. The zero-order valence-electron chi connectivity index (χ0n) is 16.2. The van der Waals surface area contributed by atoms with E-state index < -0.39 is 0 Å². The van der Waals surface area contributed by atoms with Gasteiger partial charge < -0.3 is 14.2 Å². The Morgan fingerprint density at radius 1 is 1.11 bits per heavy atom. The van der Waals surface area contributed by atoms with Crippen molar-refractivity contribution in [2.24, 2.45) is 0 Å². The summed E-state index contributed by atoms with van der Waals surface area (Å²) < 4.78 is 5.78. The van der Waals surface area contributed by atoms with Gasteiger partial charge in [0.05, 0.1) is 0 Å². The third kappa shape index (κ3) is 3.60. The number of carbonyl (C=O) groups excluding carboxylic acids is 2. The van der Waals surface area contributed by atoms with E-state index in [1.54, 1.807) is 4.90 Å². The van der Waals surface area contributed by atoms with Gasteiger partial charge in [-0.1, -0.05) is 39.2 Å². The van der Waals surface area contributed by atoms with E-state index in [-0.39, 0.29) is 18.4 Å². The number of furan rings is 1. The summed E-state index contributed by atoms with van der Waals surface area (Å²) in [4.78, 5) is 29.1. The van der Waals surface area contributed by atoms with Crippen LogP contribution in [0.4, 0.5) is 0 Å². The minimum absolute atomic E-state index is 0.0692. The molecule has 0 bridgehead atoms. The fraction of sp³-hybridized carbons (Fsp3) is 0.545. The molecule has 0 spiro atoms. The largest absolute Gasteiger partial charge is 0.451 e. The van der Waals surface area contributed by atoms with Crippen LogP contribution in [0.3, 0.4) is 0 Å². The van der Waals surface area contributed by atoms with Crippen molar-refractivity contribution in [2.75, 3.05) is 19.6 Å². The summed E-state index contributed by atoms with van der Waals surface area (Å²) in [6, 6.07) is 8.21. The van der Waals surface area contributed by atoms with Crippen molar-refractivity contribution in [1.29, 1.82) is 0 Å². The van der Waals surface area contributed by atoms with Gasteiger partial charge in [0.1, 0.15) is 12.1 Å². The Hall–Kier alpha value is -2.30. The summed E-state index contributed by atoms with van der Waals surface area (Å²) in [5.41, 5.74) is 1.94. The Labute approximate surface area is 160 Å². The van der Waals surface area contributed by atoms with Gasteiger partial charge in [-0.2, -0.15) is 0 Å². The molecular formula is C22H28N2O3.